The fourth-order valence-corrected chi connectivity index (χ4v) is 3.76. The van der Waals surface area contributed by atoms with E-state index in [0.29, 0.717) is 19.3 Å². The fraction of sp³-hybridized carbons (Fsp3) is 0.833. The van der Waals surface area contributed by atoms with Gasteiger partial charge in [0.15, 0.2) is 5.78 Å². The number of hydrogen-bond acceptors (Lipinski definition) is 4. The summed E-state index contributed by atoms with van der Waals surface area (Å²) < 4.78 is 23.2. The summed E-state index contributed by atoms with van der Waals surface area (Å²) in [4.78, 5) is 11.8. The Hall–Kier alpha value is -0.890. The van der Waals surface area contributed by atoms with Crippen LogP contribution in [0, 0.1) is 16.7 Å². The van der Waals surface area contributed by atoms with Crippen LogP contribution < -0.4 is 0 Å². The zero-order chi connectivity index (χ0) is 12.9. The van der Waals surface area contributed by atoms with Crippen molar-refractivity contribution in [3.8, 4) is 6.07 Å². The molecule has 0 heterocycles. The van der Waals surface area contributed by atoms with Crippen LogP contribution in [0.2, 0.25) is 0 Å². The van der Waals surface area contributed by atoms with Crippen LogP contribution in [0.25, 0.3) is 0 Å². The van der Waals surface area contributed by atoms with Gasteiger partial charge in [-0.3, -0.25) is 4.79 Å². The Balaban J connectivity index is 2.71. The molecule has 0 saturated heterocycles. The molecule has 0 radical (unpaired) electrons. The number of ketones is 1. The SMILES string of the molecule is CCCS(=O)(=O)CCC1(C#N)CCCCC1=O. The molecule has 4 nitrogen and oxygen atoms in total. The number of nitriles is 1. The van der Waals surface area contributed by atoms with Gasteiger partial charge in [0.2, 0.25) is 0 Å². The molecular formula is C12H19NO3S. The van der Waals surface area contributed by atoms with Crippen LogP contribution in [0.4, 0.5) is 0 Å². The third-order valence-corrected chi connectivity index (χ3v) is 5.22. The second kappa shape index (κ2) is 5.63. The summed E-state index contributed by atoms with van der Waals surface area (Å²) in [6.45, 7) is 1.81. The van der Waals surface area contributed by atoms with E-state index in [2.05, 4.69) is 6.07 Å². The maximum Gasteiger partial charge on any atom is 0.153 e. The first-order valence-corrected chi connectivity index (χ1v) is 7.93. The minimum atomic E-state index is -3.11. The van der Waals surface area contributed by atoms with Gasteiger partial charge in [0.25, 0.3) is 0 Å². The molecule has 0 spiro atoms. The second-order valence-corrected chi connectivity index (χ2v) is 7.03. The molecule has 0 N–H and O–H groups in total. The highest BCUT2D eigenvalue weighted by Gasteiger charge is 2.40. The lowest BCUT2D eigenvalue weighted by molar-refractivity contribution is -0.128. The van der Waals surface area contributed by atoms with E-state index in [1.807, 2.05) is 6.92 Å². The van der Waals surface area contributed by atoms with E-state index in [0.717, 1.165) is 12.8 Å². The van der Waals surface area contributed by atoms with E-state index in [4.69, 9.17) is 0 Å². The standard InChI is InChI=1S/C12H19NO3S/c1-2-8-17(15,16)9-7-12(10-13)6-4-3-5-11(12)14/h2-9H2,1H3. The van der Waals surface area contributed by atoms with Gasteiger partial charge in [0, 0.05) is 12.2 Å². The maximum absolute atomic E-state index is 11.8. The first-order valence-electron chi connectivity index (χ1n) is 6.11. The highest BCUT2D eigenvalue weighted by Crippen LogP contribution is 2.36. The Morgan fingerprint density at radius 2 is 2.06 bits per heavy atom. The van der Waals surface area contributed by atoms with Crippen LogP contribution in [0.5, 0.6) is 0 Å². The average molecular weight is 257 g/mol. The Kier molecular flexibility index (Phi) is 4.70. The first kappa shape index (κ1) is 14.2. The molecule has 0 aromatic rings. The molecule has 1 rings (SSSR count). The zero-order valence-electron chi connectivity index (χ0n) is 10.2. The number of nitrogens with zero attached hydrogens (tertiary/aromatic N) is 1. The lowest BCUT2D eigenvalue weighted by Crippen LogP contribution is -2.35. The number of carbonyl (C=O) groups excluding carboxylic acids is 1. The molecule has 1 fully saturated rings. The zero-order valence-corrected chi connectivity index (χ0v) is 11.1. The van der Waals surface area contributed by atoms with Crippen LogP contribution in [-0.4, -0.2) is 25.7 Å². The summed E-state index contributed by atoms with van der Waals surface area (Å²) in [6.07, 6.45) is 3.35. The molecule has 0 amide bonds. The number of Topliss-reactive ketones (excluding diaryl/α,β-unsaturated/α-hetero) is 1. The van der Waals surface area contributed by atoms with Crippen molar-refractivity contribution in [2.24, 2.45) is 5.41 Å². The van der Waals surface area contributed by atoms with Gasteiger partial charge in [-0.25, -0.2) is 8.42 Å². The summed E-state index contributed by atoms with van der Waals surface area (Å²) in [5, 5.41) is 9.17. The molecule has 1 atom stereocenters. The second-order valence-electron chi connectivity index (χ2n) is 4.73. The van der Waals surface area contributed by atoms with Gasteiger partial charge in [-0.15, -0.1) is 0 Å². The predicted molar refractivity (Wildman–Crippen MR) is 65.1 cm³/mol. The summed E-state index contributed by atoms with van der Waals surface area (Å²) >= 11 is 0. The molecule has 1 aliphatic carbocycles. The molecule has 1 aliphatic rings. The topological polar surface area (TPSA) is 75.0 Å². The quantitative estimate of drug-likeness (QED) is 0.753. The van der Waals surface area contributed by atoms with Crippen molar-refractivity contribution in [3.05, 3.63) is 0 Å². The van der Waals surface area contributed by atoms with E-state index >= 15 is 0 Å². The number of hydrogen-bond donors (Lipinski definition) is 0. The lowest BCUT2D eigenvalue weighted by atomic mass is 9.72. The predicted octanol–water partition coefficient (Wildman–Crippen LogP) is 1.85. The third kappa shape index (κ3) is 3.53. The van der Waals surface area contributed by atoms with Crippen molar-refractivity contribution in [2.45, 2.75) is 45.4 Å². The molecule has 5 heteroatoms. The van der Waals surface area contributed by atoms with Gasteiger partial charge in [-0.05, 0) is 25.7 Å². The van der Waals surface area contributed by atoms with Crippen LogP contribution in [0.3, 0.4) is 0 Å². The van der Waals surface area contributed by atoms with E-state index in [-0.39, 0.29) is 23.7 Å². The molecule has 1 unspecified atom stereocenters. The van der Waals surface area contributed by atoms with Gasteiger partial charge in [0.05, 0.1) is 11.8 Å². The largest absolute Gasteiger partial charge is 0.298 e. The van der Waals surface area contributed by atoms with E-state index in [9.17, 15) is 18.5 Å². The van der Waals surface area contributed by atoms with Gasteiger partial charge in [-0.2, -0.15) is 5.26 Å². The molecule has 17 heavy (non-hydrogen) atoms. The van der Waals surface area contributed by atoms with Crippen molar-refractivity contribution in [1.29, 1.82) is 5.26 Å². The molecular weight excluding hydrogens is 238 g/mol. The van der Waals surface area contributed by atoms with Gasteiger partial charge in [-0.1, -0.05) is 13.3 Å². The third-order valence-electron chi connectivity index (χ3n) is 3.36. The molecule has 96 valence electrons. The van der Waals surface area contributed by atoms with E-state index in [1.54, 1.807) is 0 Å². The van der Waals surface area contributed by atoms with Crippen LogP contribution >= 0.6 is 0 Å². The van der Waals surface area contributed by atoms with Gasteiger partial charge < -0.3 is 0 Å². The van der Waals surface area contributed by atoms with Crippen LogP contribution in [0.15, 0.2) is 0 Å². The minimum absolute atomic E-state index is 0.0415. The van der Waals surface area contributed by atoms with Crippen molar-refractivity contribution < 1.29 is 13.2 Å². The number of rotatable bonds is 5. The van der Waals surface area contributed by atoms with Gasteiger partial charge in [0.1, 0.15) is 15.3 Å². The summed E-state index contributed by atoms with van der Waals surface area (Å²) in [7, 11) is -3.11. The Labute approximate surface area is 103 Å². The van der Waals surface area contributed by atoms with Gasteiger partial charge >= 0.3 is 0 Å². The summed E-state index contributed by atoms with van der Waals surface area (Å²) in [5.74, 6) is 0.0287. The Morgan fingerprint density at radius 1 is 1.35 bits per heavy atom. The van der Waals surface area contributed by atoms with Crippen molar-refractivity contribution in [1.82, 2.24) is 0 Å². The smallest absolute Gasteiger partial charge is 0.153 e. The normalized spacial score (nSPS) is 25.5. The average Bonchev–Trinajstić information content (AvgIpc) is 2.28. The highest BCUT2D eigenvalue weighted by molar-refractivity contribution is 7.91. The van der Waals surface area contributed by atoms with Crippen molar-refractivity contribution >= 4 is 15.6 Å². The van der Waals surface area contributed by atoms with Crippen LogP contribution in [0.1, 0.15) is 45.4 Å². The maximum atomic E-state index is 11.8. The Bertz CT molecular complexity index is 422. The van der Waals surface area contributed by atoms with E-state index < -0.39 is 15.3 Å². The molecule has 0 aromatic heterocycles. The molecule has 1 saturated carbocycles. The lowest BCUT2D eigenvalue weighted by Gasteiger charge is -2.28. The molecule has 0 bridgehead atoms. The molecule has 0 aromatic carbocycles. The Morgan fingerprint density at radius 3 is 2.59 bits per heavy atom. The minimum Gasteiger partial charge on any atom is -0.298 e. The highest BCUT2D eigenvalue weighted by atomic mass is 32.2. The summed E-state index contributed by atoms with van der Waals surface area (Å²) in [6, 6.07) is 2.07. The van der Waals surface area contributed by atoms with Crippen molar-refractivity contribution in [2.75, 3.05) is 11.5 Å². The first-order chi connectivity index (χ1) is 7.96. The monoisotopic (exact) mass is 257 g/mol. The molecule has 0 aliphatic heterocycles. The number of carbonyl (C=O) groups is 1. The van der Waals surface area contributed by atoms with Crippen LogP contribution in [-0.2, 0) is 14.6 Å². The number of sulfone groups is 1. The van der Waals surface area contributed by atoms with E-state index in [1.165, 1.54) is 0 Å². The fourth-order valence-electron chi connectivity index (χ4n) is 2.27. The van der Waals surface area contributed by atoms with Crippen molar-refractivity contribution in [3.63, 3.8) is 0 Å². The summed E-state index contributed by atoms with van der Waals surface area (Å²) in [5.41, 5.74) is -1.03.